The summed E-state index contributed by atoms with van der Waals surface area (Å²) in [6.07, 6.45) is -0.867. The first kappa shape index (κ1) is 20.7. The Kier molecular flexibility index (Phi) is 5.74. The van der Waals surface area contributed by atoms with E-state index in [0.29, 0.717) is 0 Å². The molecular formula is C18H20ClF4N3O2. The molecule has 3 rings (SSSR count). The lowest BCUT2D eigenvalue weighted by molar-refractivity contribution is -0.126. The zero-order valence-electron chi connectivity index (χ0n) is 15.1. The minimum atomic E-state index is -2.92. The van der Waals surface area contributed by atoms with E-state index in [1.54, 1.807) is 0 Å². The first-order valence-electron chi connectivity index (χ1n) is 8.97. The van der Waals surface area contributed by atoms with Crippen molar-refractivity contribution >= 4 is 23.5 Å². The average Bonchev–Trinajstić information content (AvgIpc) is 3.00. The van der Waals surface area contributed by atoms with Crippen LogP contribution in [0.4, 0.5) is 22.4 Å². The predicted octanol–water partition coefficient (Wildman–Crippen LogP) is 3.62. The Morgan fingerprint density at radius 3 is 2.75 bits per heavy atom. The minimum absolute atomic E-state index is 0.0580. The molecule has 10 heteroatoms. The highest BCUT2D eigenvalue weighted by Crippen LogP contribution is 2.45. The third-order valence-electron chi connectivity index (χ3n) is 5.35. The van der Waals surface area contributed by atoms with Gasteiger partial charge in [0.15, 0.2) is 0 Å². The van der Waals surface area contributed by atoms with E-state index < -0.39 is 53.0 Å². The molecule has 2 N–H and O–H groups in total. The van der Waals surface area contributed by atoms with Crippen LogP contribution in [0.25, 0.3) is 0 Å². The summed E-state index contributed by atoms with van der Waals surface area (Å²) in [5, 5.41) is 4.43. The lowest BCUT2D eigenvalue weighted by atomic mass is 9.91. The maximum atomic E-state index is 14.6. The van der Waals surface area contributed by atoms with E-state index >= 15 is 0 Å². The van der Waals surface area contributed by atoms with Crippen molar-refractivity contribution in [2.45, 2.75) is 44.2 Å². The molecule has 0 spiro atoms. The topological polar surface area (TPSA) is 61.4 Å². The van der Waals surface area contributed by atoms with Gasteiger partial charge in [0.1, 0.15) is 22.7 Å². The Bertz CT molecular complexity index is 792. The van der Waals surface area contributed by atoms with Crippen molar-refractivity contribution in [2.75, 3.05) is 13.1 Å². The van der Waals surface area contributed by atoms with E-state index in [-0.39, 0.29) is 37.4 Å². The van der Waals surface area contributed by atoms with Crippen LogP contribution in [0.5, 0.6) is 0 Å². The van der Waals surface area contributed by atoms with Crippen molar-refractivity contribution in [1.82, 2.24) is 15.5 Å². The molecule has 28 heavy (non-hydrogen) atoms. The van der Waals surface area contributed by atoms with Crippen LogP contribution in [0.2, 0.25) is 5.02 Å². The molecule has 1 aliphatic carbocycles. The second kappa shape index (κ2) is 7.77. The number of nitrogens with zero attached hydrogens (tertiary/aromatic N) is 1. The third kappa shape index (κ3) is 4.04. The molecule has 0 unspecified atom stereocenters. The summed E-state index contributed by atoms with van der Waals surface area (Å²) in [5.74, 6) is -6.10. The Morgan fingerprint density at radius 1 is 1.39 bits per heavy atom. The number of benzene rings is 1. The SMILES string of the molecule is C[C@@H]1C(=O)NCCN1C(=O)N[C@@H](c1ccc(F)c(Cl)c1F)[C@H]1CCC(F)(F)C1. The maximum Gasteiger partial charge on any atom is 0.318 e. The van der Waals surface area contributed by atoms with Crippen LogP contribution in [0.3, 0.4) is 0 Å². The minimum Gasteiger partial charge on any atom is -0.353 e. The zero-order chi connectivity index (χ0) is 20.6. The van der Waals surface area contributed by atoms with E-state index in [1.165, 1.54) is 11.8 Å². The molecule has 1 aromatic rings. The summed E-state index contributed by atoms with van der Waals surface area (Å²) in [4.78, 5) is 25.8. The molecule has 1 aromatic carbocycles. The van der Waals surface area contributed by atoms with Gasteiger partial charge in [0.25, 0.3) is 0 Å². The third-order valence-corrected chi connectivity index (χ3v) is 5.70. The van der Waals surface area contributed by atoms with Gasteiger partial charge < -0.3 is 15.5 Å². The van der Waals surface area contributed by atoms with Gasteiger partial charge in [0.05, 0.1) is 6.04 Å². The number of hydrogen-bond acceptors (Lipinski definition) is 2. The lowest BCUT2D eigenvalue weighted by Gasteiger charge is -2.35. The number of halogens is 5. The summed E-state index contributed by atoms with van der Waals surface area (Å²) >= 11 is 5.64. The van der Waals surface area contributed by atoms with Gasteiger partial charge in [-0.25, -0.2) is 22.4 Å². The highest BCUT2D eigenvalue weighted by atomic mass is 35.5. The van der Waals surface area contributed by atoms with Crippen LogP contribution in [0.1, 0.15) is 37.8 Å². The van der Waals surface area contributed by atoms with Crippen LogP contribution in [0, 0.1) is 17.6 Å². The molecule has 1 saturated heterocycles. The molecule has 3 amide bonds. The van der Waals surface area contributed by atoms with E-state index in [2.05, 4.69) is 10.6 Å². The van der Waals surface area contributed by atoms with Crippen molar-refractivity contribution in [1.29, 1.82) is 0 Å². The Hall–Kier alpha value is -2.03. The van der Waals surface area contributed by atoms with Crippen molar-refractivity contribution < 1.29 is 27.2 Å². The van der Waals surface area contributed by atoms with Crippen molar-refractivity contribution in [2.24, 2.45) is 5.92 Å². The quantitative estimate of drug-likeness (QED) is 0.578. The first-order valence-corrected chi connectivity index (χ1v) is 9.34. The molecule has 2 aliphatic rings. The number of hydrogen-bond donors (Lipinski definition) is 2. The van der Waals surface area contributed by atoms with Crippen LogP contribution in [-0.4, -0.2) is 41.9 Å². The molecular weight excluding hydrogens is 402 g/mol. The van der Waals surface area contributed by atoms with Crippen LogP contribution in [0.15, 0.2) is 12.1 Å². The number of rotatable bonds is 3. The van der Waals surface area contributed by atoms with Crippen molar-refractivity contribution in [3.63, 3.8) is 0 Å². The van der Waals surface area contributed by atoms with Gasteiger partial charge in [-0.1, -0.05) is 17.7 Å². The van der Waals surface area contributed by atoms with Gasteiger partial charge >= 0.3 is 6.03 Å². The molecule has 3 atom stereocenters. The van der Waals surface area contributed by atoms with E-state index in [9.17, 15) is 27.2 Å². The fourth-order valence-corrected chi connectivity index (χ4v) is 3.95. The standard InChI is InChI=1S/C18H20ClF4N3O2/c1-9-16(27)24-6-7-26(9)17(28)25-15(10-4-5-18(22,23)8-10)11-2-3-12(20)13(19)14(11)21/h2-3,9-10,15H,4-8H2,1H3,(H,24,27)(H,25,28)/t9-,10+,15-/m1/s1. The van der Waals surface area contributed by atoms with Gasteiger partial charge in [0.2, 0.25) is 11.8 Å². The van der Waals surface area contributed by atoms with Gasteiger partial charge in [-0.3, -0.25) is 4.79 Å². The summed E-state index contributed by atoms with van der Waals surface area (Å²) in [5.41, 5.74) is -0.156. The lowest BCUT2D eigenvalue weighted by Crippen LogP contribution is -2.58. The highest BCUT2D eigenvalue weighted by Gasteiger charge is 2.44. The molecule has 154 valence electrons. The number of alkyl halides is 2. The number of urea groups is 1. The molecule has 0 aromatic heterocycles. The molecule has 5 nitrogen and oxygen atoms in total. The first-order chi connectivity index (χ1) is 13.1. The average molecular weight is 422 g/mol. The number of nitrogens with one attached hydrogen (secondary N) is 2. The molecule has 1 heterocycles. The number of piperazine rings is 1. The summed E-state index contributed by atoms with van der Waals surface area (Å²) in [6, 6.07) is -0.534. The summed E-state index contributed by atoms with van der Waals surface area (Å²) in [6.45, 7) is 2.00. The fourth-order valence-electron chi connectivity index (χ4n) is 3.78. The van der Waals surface area contributed by atoms with Crippen LogP contribution >= 0.6 is 11.6 Å². The Labute approximate surface area is 164 Å². The molecule has 2 fully saturated rings. The van der Waals surface area contributed by atoms with E-state index in [1.807, 2.05) is 0 Å². The molecule has 0 bridgehead atoms. The largest absolute Gasteiger partial charge is 0.353 e. The van der Waals surface area contributed by atoms with Gasteiger partial charge in [-0.2, -0.15) is 0 Å². The highest BCUT2D eigenvalue weighted by molar-refractivity contribution is 6.31. The smallest absolute Gasteiger partial charge is 0.318 e. The second-order valence-corrected chi connectivity index (χ2v) is 7.59. The van der Waals surface area contributed by atoms with Gasteiger partial charge in [0, 0.05) is 31.5 Å². The van der Waals surface area contributed by atoms with Gasteiger partial charge in [-0.15, -0.1) is 0 Å². The maximum absolute atomic E-state index is 14.6. The summed E-state index contributed by atoms with van der Waals surface area (Å²) < 4.78 is 55.7. The molecule has 1 saturated carbocycles. The predicted molar refractivity (Wildman–Crippen MR) is 94.1 cm³/mol. The monoisotopic (exact) mass is 421 g/mol. The van der Waals surface area contributed by atoms with E-state index in [4.69, 9.17) is 11.6 Å². The van der Waals surface area contributed by atoms with Crippen molar-refractivity contribution in [3.8, 4) is 0 Å². The number of carbonyl (C=O) groups excluding carboxylic acids is 2. The van der Waals surface area contributed by atoms with Crippen molar-refractivity contribution in [3.05, 3.63) is 34.4 Å². The molecule has 0 radical (unpaired) electrons. The number of carbonyl (C=O) groups is 2. The summed E-state index contributed by atoms with van der Waals surface area (Å²) in [7, 11) is 0. The fraction of sp³-hybridized carbons (Fsp3) is 0.556. The van der Waals surface area contributed by atoms with Crippen LogP contribution in [-0.2, 0) is 4.79 Å². The molecule has 1 aliphatic heterocycles. The Morgan fingerprint density at radius 2 is 2.11 bits per heavy atom. The van der Waals surface area contributed by atoms with Gasteiger partial charge in [-0.05, 0) is 25.3 Å². The van der Waals surface area contributed by atoms with E-state index in [0.717, 1.165) is 12.1 Å². The zero-order valence-corrected chi connectivity index (χ0v) is 15.8. The second-order valence-electron chi connectivity index (χ2n) is 7.21. The normalized spacial score (nSPS) is 25.4. The number of amides is 3. The van der Waals surface area contributed by atoms with Crippen LogP contribution < -0.4 is 10.6 Å². The Balaban J connectivity index is 1.90.